The average Bonchev–Trinajstić information content (AvgIpc) is 2.52. The lowest BCUT2D eigenvalue weighted by atomic mass is 10.1. The van der Waals surface area contributed by atoms with Crippen molar-refractivity contribution in [1.82, 2.24) is 5.32 Å². The molecule has 0 aliphatic carbocycles. The van der Waals surface area contributed by atoms with Gasteiger partial charge in [-0.25, -0.2) is 8.42 Å². The first kappa shape index (κ1) is 19.3. The molecular formula is C18H21ClN2O3S. The van der Waals surface area contributed by atoms with E-state index in [1.807, 2.05) is 13.8 Å². The molecule has 2 rings (SSSR count). The van der Waals surface area contributed by atoms with Gasteiger partial charge in [0.15, 0.2) is 0 Å². The Bertz CT molecular complexity index is 849. The number of hydrogen-bond acceptors (Lipinski definition) is 3. The fourth-order valence-electron chi connectivity index (χ4n) is 2.31. The number of benzene rings is 2. The van der Waals surface area contributed by atoms with Gasteiger partial charge in [0.2, 0.25) is 10.0 Å². The lowest BCUT2D eigenvalue weighted by Gasteiger charge is -2.23. The number of sulfonamides is 1. The summed E-state index contributed by atoms with van der Waals surface area (Å²) in [4.78, 5) is 12.0. The van der Waals surface area contributed by atoms with Crippen LogP contribution < -0.4 is 9.62 Å². The van der Waals surface area contributed by atoms with Crippen molar-refractivity contribution >= 4 is 33.2 Å². The lowest BCUT2D eigenvalue weighted by Crippen LogP contribution is -2.31. The van der Waals surface area contributed by atoms with Crippen LogP contribution in [0.4, 0.5) is 5.69 Å². The van der Waals surface area contributed by atoms with E-state index in [1.54, 1.807) is 48.5 Å². The van der Waals surface area contributed by atoms with Crippen LogP contribution in [-0.4, -0.2) is 26.6 Å². The molecule has 0 saturated carbocycles. The van der Waals surface area contributed by atoms with Gasteiger partial charge in [0.25, 0.3) is 5.91 Å². The Morgan fingerprint density at radius 1 is 1.12 bits per heavy atom. The van der Waals surface area contributed by atoms with Crippen LogP contribution in [0.3, 0.4) is 0 Å². The Morgan fingerprint density at radius 2 is 1.72 bits per heavy atom. The van der Waals surface area contributed by atoms with Gasteiger partial charge in [0.05, 0.1) is 18.5 Å². The molecular weight excluding hydrogens is 360 g/mol. The van der Waals surface area contributed by atoms with Gasteiger partial charge in [-0.2, -0.15) is 0 Å². The maximum Gasteiger partial charge on any atom is 0.251 e. The highest BCUT2D eigenvalue weighted by Gasteiger charge is 2.19. The molecule has 0 saturated heterocycles. The summed E-state index contributed by atoms with van der Waals surface area (Å²) in [5, 5.41) is 3.30. The third-order valence-corrected chi connectivity index (χ3v) is 5.02. The SMILES string of the molecule is CC(C)NC(=O)c1ccc(N(Cc2ccccc2Cl)S(C)(=O)=O)cc1. The molecule has 1 N–H and O–H groups in total. The molecule has 0 aromatic heterocycles. The first-order valence-electron chi connectivity index (χ1n) is 7.80. The standard InChI is InChI=1S/C18H21ClN2O3S/c1-13(2)20-18(22)14-8-10-16(11-9-14)21(25(3,23)24)12-15-6-4-5-7-17(15)19/h4-11,13H,12H2,1-3H3,(H,20,22). The van der Waals surface area contributed by atoms with Gasteiger partial charge in [-0.1, -0.05) is 29.8 Å². The van der Waals surface area contributed by atoms with Crippen molar-refractivity contribution in [3.8, 4) is 0 Å². The molecule has 0 unspecified atom stereocenters. The van der Waals surface area contributed by atoms with Crippen molar-refractivity contribution < 1.29 is 13.2 Å². The summed E-state index contributed by atoms with van der Waals surface area (Å²) in [7, 11) is -3.51. The number of carbonyl (C=O) groups is 1. The summed E-state index contributed by atoms with van der Waals surface area (Å²) in [6.45, 7) is 3.87. The predicted molar refractivity (Wildman–Crippen MR) is 102 cm³/mol. The van der Waals surface area contributed by atoms with Crippen molar-refractivity contribution in [3.63, 3.8) is 0 Å². The molecule has 25 heavy (non-hydrogen) atoms. The van der Waals surface area contributed by atoms with Crippen molar-refractivity contribution in [2.24, 2.45) is 0 Å². The first-order valence-corrected chi connectivity index (χ1v) is 10.0. The summed E-state index contributed by atoms with van der Waals surface area (Å²) in [6, 6.07) is 13.6. The van der Waals surface area contributed by atoms with Crippen molar-refractivity contribution in [3.05, 3.63) is 64.7 Å². The Balaban J connectivity index is 2.30. The van der Waals surface area contributed by atoms with Crippen LogP contribution in [0.5, 0.6) is 0 Å². The lowest BCUT2D eigenvalue weighted by molar-refractivity contribution is 0.0943. The van der Waals surface area contributed by atoms with E-state index in [0.29, 0.717) is 21.8 Å². The van der Waals surface area contributed by atoms with Gasteiger partial charge in [-0.3, -0.25) is 9.10 Å². The molecule has 0 aliphatic heterocycles. The first-order chi connectivity index (χ1) is 11.7. The summed E-state index contributed by atoms with van der Waals surface area (Å²) >= 11 is 6.15. The van der Waals surface area contributed by atoms with Crippen molar-refractivity contribution in [1.29, 1.82) is 0 Å². The number of halogens is 1. The van der Waals surface area contributed by atoms with Gasteiger partial charge in [-0.15, -0.1) is 0 Å². The largest absolute Gasteiger partial charge is 0.350 e. The van der Waals surface area contributed by atoms with E-state index in [-0.39, 0.29) is 18.5 Å². The Morgan fingerprint density at radius 3 is 2.24 bits per heavy atom. The zero-order valence-electron chi connectivity index (χ0n) is 14.4. The number of carbonyl (C=O) groups excluding carboxylic acids is 1. The van der Waals surface area contributed by atoms with E-state index in [9.17, 15) is 13.2 Å². The number of amides is 1. The van der Waals surface area contributed by atoms with E-state index in [1.165, 1.54) is 4.31 Å². The summed E-state index contributed by atoms with van der Waals surface area (Å²) in [5.74, 6) is -0.196. The summed E-state index contributed by atoms with van der Waals surface area (Å²) in [6.07, 6.45) is 1.14. The van der Waals surface area contributed by atoms with Crippen LogP contribution in [0.1, 0.15) is 29.8 Å². The molecule has 5 nitrogen and oxygen atoms in total. The Hall–Kier alpha value is -2.05. The molecule has 7 heteroatoms. The average molecular weight is 381 g/mol. The number of rotatable bonds is 6. The van der Waals surface area contributed by atoms with Crippen LogP contribution in [-0.2, 0) is 16.6 Å². The zero-order valence-corrected chi connectivity index (χ0v) is 15.9. The maximum absolute atomic E-state index is 12.2. The highest BCUT2D eigenvalue weighted by molar-refractivity contribution is 7.92. The van der Waals surface area contributed by atoms with E-state index >= 15 is 0 Å². The van der Waals surface area contributed by atoms with Crippen molar-refractivity contribution in [2.75, 3.05) is 10.6 Å². The van der Waals surface area contributed by atoms with Gasteiger partial charge in [0.1, 0.15) is 0 Å². The second kappa shape index (κ2) is 7.89. The van der Waals surface area contributed by atoms with Crippen LogP contribution in [0.25, 0.3) is 0 Å². The molecule has 0 aliphatic rings. The Labute approximate surface area is 153 Å². The smallest absolute Gasteiger partial charge is 0.251 e. The van der Waals surface area contributed by atoms with Crippen molar-refractivity contribution in [2.45, 2.75) is 26.4 Å². The summed E-state index contributed by atoms with van der Waals surface area (Å²) < 4.78 is 25.7. The molecule has 2 aromatic carbocycles. The molecule has 134 valence electrons. The van der Waals surface area contributed by atoms with Gasteiger partial charge in [-0.05, 0) is 49.7 Å². The molecule has 0 atom stereocenters. The molecule has 0 spiro atoms. The minimum absolute atomic E-state index is 0.0277. The highest BCUT2D eigenvalue weighted by atomic mass is 35.5. The van der Waals surface area contributed by atoms with Gasteiger partial charge < -0.3 is 5.32 Å². The topological polar surface area (TPSA) is 66.5 Å². The minimum atomic E-state index is -3.51. The minimum Gasteiger partial charge on any atom is -0.350 e. The number of anilines is 1. The van der Waals surface area contributed by atoms with Crippen LogP contribution in [0, 0.1) is 0 Å². The van der Waals surface area contributed by atoms with E-state index in [2.05, 4.69) is 5.32 Å². The molecule has 1 amide bonds. The number of nitrogens with one attached hydrogen (secondary N) is 1. The van der Waals surface area contributed by atoms with Gasteiger partial charge >= 0.3 is 0 Å². The normalized spacial score (nSPS) is 11.4. The number of hydrogen-bond donors (Lipinski definition) is 1. The molecule has 0 bridgehead atoms. The predicted octanol–water partition coefficient (Wildman–Crippen LogP) is 3.44. The quantitative estimate of drug-likeness (QED) is 0.834. The van der Waals surface area contributed by atoms with Crippen LogP contribution >= 0.6 is 11.6 Å². The third-order valence-electron chi connectivity index (χ3n) is 3.51. The monoisotopic (exact) mass is 380 g/mol. The van der Waals surface area contributed by atoms with Crippen LogP contribution in [0.2, 0.25) is 5.02 Å². The molecule has 0 radical (unpaired) electrons. The molecule has 2 aromatic rings. The van der Waals surface area contributed by atoms with E-state index in [4.69, 9.17) is 11.6 Å². The number of nitrogens with zero attached hydrogens (tertiary/aromatic N) is 1. The second-order valence-electron chi connectivity index (χ2n) is 6.04. The Kier molecular flexibility index (Phi) is 6.08. The third kappa shape index (κ3) is 5.21. The second-order valence-corrected chi connectivity index (χ2v) is 8.35. The molecule has 0 heterocycles. The van der Waals surface area contributed by atoms with E-state index in [0.717, 1.165) is 6.26 Å². The van der Waals surface area contributed by atoms with Gasteiger partial charge in [0, 0.05) is 16.6 Å². The fraction of sp³-hybridized carbons (Fsp3) is 0.278. The molecule has 0 fully saturated rings. The summed E-state index contributed by atoms with van der Waals surface area (Å²) in [5.41, 5.74) is 1.66. The van der Waals surface area contributed by atoms with E-state index < -0.39 is 10.0 Å². The zero-order chi connectivity index (χ0) is 18.6. The van der Waals surface area contributed by atoms with Crippen LogP contribution in [0.15, 0.2) is 48.5 Å². The highest BCUT2D eigenvalue weighted by Crippen LogP contribution is 2.24. The fourth-order valence-corrected chi connectivity index (χ4v) is 3.38. The maximum atomic E-state index is 12.2.